The topological polar surface area (TPSA) is 84.9 Å². The molecule has 0 atom stereocenters. The zero-order valence-electron chi connectivity index (χ0n) is 22.4. The van der Waals surface area contributed by atoms with E-state index in [1.807, 2.05) is 4.90 Å². The maximum atomic E-state index is 13.3. The summed E-state index contributed by atoms with van der Waals surface area (Å²) in [5, 5.41) is 2.36. The smallest absolute Gasteiger partial charge is 0.416 e. The van der Waals surface area contributed by atoms with Crippen LogP contribution in [-0.2, 0) is 20.5 Å². The highest BCUT2D eigenvalue weighted by atomic mass is 19.4. The molecule has 0 heterocycles. The van der Waals surface area contributed by atoms with Gasteiger partial charge < -0.3 is 19.7 Å². The normalized spacial score (nSPS) is 16.7. The first-order valence-electron chi connectivity index (χ1n) is 13.9. The number of halogens is 3. The molecule has 2 aromatic rings. The van der Waals surface area contributed by atoms with E-state index >= 15 is 0 Å². The number of ether oxygens (including phenoxy) is 2. The highest BCUT2D eigenvalue weighted by Gasteiger charge is 2.33. The molecule has 40 heavy (non-hydrogen) atoms. The third kappa shape index (κ3) is 7.99. The van der Waals surface area contributed by atoms with E-state index in [1.54, 1.807) is 12.1 Å². The standard InChI is InChI=1S/C30H35F3N2O5/c31-30(32,33)21-10-9-11-22(18-21)34-27(36)19-39-26-17-8-7-16-25(26)29(38)40-20-28(37)35(23-12-3-1-4-13-23)24-14-5-2-6-15-24/h7-11,16-18,23-24H,1-6,12-15,19-20H2,(H,34,36). The quantitative estimate of drug-likeness (QED) is 0.360. The fraction of sp³-hybridized carbons (Fsp3) is 0.500. The van der Waals surface area contributed by atoms with Crippen molar-refractivity contribution in [3.63, 3.8) is 0 Å². The number of benzene rings is 2. The third-order valence-corrected chi connectivity index (χ3v) is 7.49. The molecular weight excluding hydrogens is 525 g/mol. The van der Waals surface area contributed by atoms with Crippen LogP contribution in [0.2, 0.25) is 0 Å². The van der Waals surface area contributed by atoms with Gasteiger partial charge in [0.1, 0.15) is 11.3 Å². The zero-order chi connectivity index (χ0) is 28.5. The number of alkyl halides is 3. The molecule has 10 heteroatoms. The lowest BCUT2D eigenvalue weighted by molar-refractivity contribution is -0.141. The summed E-state index contributed by atoms with van der Waals surface area (Å²) < 4.78 is 49.7. The number of hydrogen-bond acceptors (Lipinski definition) is 5. The lowest BCUT2D eigenvalue weighted by Gasteiger charge is -2.41. The maximum Gasteiger partial charge on any atom is 0.416 e. The molecule has 2 aromatic carbocycles. The first-order chi connectivity index (χ1) is 19.2. The van der Waals surface area contributed by atoms with Crippen LogP contribution in [0.15, 0.2) is 48.5 Å². The highest BCUT2D eigenvalue weighted by Crippen LogP contribution is 2.32. The fourth-order valence-electron chi connectivity index (χ4n) is 5.58. The van der Waals surface area contributed by atoms with Gasteiger partial charge >= 0.3 is 12.1 Å². The molecule has 7 nitrogen and oxygen atoms in total. The molecule has 2 aliphatic carbocycles. The number of anilines is 1. The molecule has 2 amide bonds. The van der Waals surface area contributed by atoms with Gasteiger partial charge in [-0.1, -0.05) is 56.7 Å². The summed E-state index contributed by atoms with van der Waals surface area (Å²) in [7, 11) is 0. The molecule has 2 fully saturated rings. The van der Waals surface area contributed by atoms with Gasteiger partial charge in [0.2, 0.25) is 0 Å². The van der Waals surface area contributed by atoms with Gasteiger partial charge in [-0.15, -0.1) is 0 Å². The van der Waals surface area contributed by atoms with Crippen LogP contribution in [0.25, 0.3) is 0 Å². The summed E-state index contributed by atoms with van der Waals surface area (Å²) in [6, 6.07) is 10.8. The van der Waals surface area contributed by atoms with E-state index in [9.17, 15) is 27.6 Å². The van der Waals surface area contributed by atoms with Gasteiger partial charge in [0.25, 0.3) is 11.8 Å². The first kappa shape index (κ1) is 29.4. The Kier molecular flexibility index (Phi) is 10.1. The van der Waals surface area contributed by atoms with Crippen molar-refractivity contribution in [2.24, 2.45) is 0 Å². The van der Waals surface area contributed by atoms with Crippen molar-refractivity contribution in [3.05, 3.63) is 59.7 Å². The molecule has 0 aromatic heterocycles. The molecule has 0 spiro atoms. The molecule has 4 rings (SSSR count). The number of nitrogens with one attached hydrogen (secondary N) is 1. The molecule has 0 unspecified atom stereocenters. The number of amides is 2. The van der Waals surface area contributed by atoms with Crippen LogP contribution >= 0.6 is 0 Å². The van der Waals surface area contributed by atoms with Crippen molar-refractivity contribution >= 4 is 23.5 Å². The Bertz CT molecular complexity index is 1160. The van der Waals surface area contributed by atoms with Crippen LogP contribution < -0.4 is 10.1 Å². The number of hydrogen-bond donors (Lipinski definition) is 1. The second-order valence-electron chi connectivity index (χ2n) is 10.4. The summed E-state index contributed by atoms with van der Waals surface area (Å²) in [6.07, 6.45) is 6.04. The molecule has 1 N–H and O–H groups in total. The van der Waals surface area contributed by atoms with Crippen LogP contribution in [0.1, 0.15) is 80.1 Å². The summed E-state index contributed by atoms with van der Waals surface area (Å²) in [5.41, 5.74) is -0.876. The Morgan fingerprint density at radius 3 is 2.08 bits per heavy atom. The largest absolute Gasteiger partial charge is 0.483 e. The number of rotatable bonds is 9. The van der Waals surface area contributed by atoms with Gasteiger partial charge in [0.05, 0.1) is 5.56 Å². The molecule has 216 valence electrons. The summed E-state index contributed by atoms with van der Waals surface area (Å²) >= 11 is 0. The Morgan fingerprint density at radius 2 is 1.45 bits per heavy atom. The molecule has 0 saturated heterocycles. The zero-order valence-corrected chi connectivity index (χ0v) is 22.4. The van der Waals surface area contributed by atoms with E-state index in [-0.39, 0.29) is 41.6 Å². The van der Waals surface area contributed by atoms with Gasteiger partial charge in [-0.3, -0.25) is 9.59 Å². The summed E-state index contributed by atoms with van der Waals surface area (Å²) in [4.78, 5) is 40.6. The lowest BCUT2D eigenvalue weighted by Crippen LogP contribution is -2.50. The van der Waals surface area contributed by atoms with Gasteiger partial charge in [-0.25, -0.2) is 4.79 Å². The average molecular weight is 561 g/mol. The maximum absolute atomic E-state index is 13.3. The Balaban J connectivity index is 1.34. The minimum absolute atomic E-state index is 0.0323. The van der Waals surface area contributed by atoms with E-state index in [4.69, 9.17) is 9.47 Å². The van der Waals surface area contributed by atoms with Crippen LogP contribution in [0.5, 0.6) is 5.75 Å². The molecule has 2 saturated carbocycles. The number of carbonyl (C=O) groups excluding carboxylic acids is 3. The van der Waals surface area contributed by atoms with Crippen LogP contribution in [-0.4, -0.2) is 48.0 Å². The van der Waals surface area contributed by atoms with Crippen molar-refractivity contribution in [2.45, 2.75) is 82.5 Å². The van der Waals surface area contributed by atoms with Gasteiger partial charge in [0, 0.05) is 17.8 Å². The second-order valence-corrected chi connectivity index (χ2v) is 10.4. The van der Waals surface area contributed by atoms with Crippen LogP contribution in [0.3, 0.4) is 0 Å². The predicted molar refractivity (Wildman–Crippen MR) is 143 cm³/mol. The van der Waals surface area contributed by atoms with E-state index in [2.05, 4.69) is 5.32 Å². The molecule has 0 radical (unpaired) electrons. The summed E-state index contributed by atoms with van der Waals surface area (Å²) in [5.74, 6) is -1.58. The van der Waals surface area contributed by atoms with Crippen LogP contribution in [0, 0.1) is 0 Å². The van der Waals surface area contributed by atoms with E-state index in [0.717, 1.165) is 63.5 Å². The number of carbonyl (C=O) groups is 3. The Hall–Kier alpha value is -3.56. The number of para-hydroxylation sites is 1. The summed E-state index contributed by atoms with van der Waals surface area (Å²) in [6.45, 7) is -0.924. The average Bonchev–Trinajstić information content (AvgIpc) is 2.96. The van der Waals surface area contributed by atoms with Crippen molar-refractivity contribution in [2.75, 3.05) is 18.5 Å². The second kappa shape index (κ2) is 13.7. The molecule has 0 aliphatic heterocycles. The van der Waals surface area contributed by atoms with Crippen molar-refractivity contribution in [3.8, 4) is 5.75 Å². The SMILES string of the molecule is O=C(COc1ccccc1C(=O)OCC(=O)N(C1CCCCC1)C1CCCCC1)Nc1cccc(C(F)(F)F)c1. The Labute approximate surface area is 232 Å². The number of esters is 1. The van der Waals surface area contributed by atoms with E-state index in [1.165, 1.54) is 37.1 Å². The fourth-order valence-corrected chi connectivity index (χ4v) is 5.58. The van der Waals surface area contributed by atoms with Crippen molar-refractivity contribution in [1.82, 2.24) is 4.90 Å². The van der Waals surface area contributed by atoms with Crippen LogP contribution in [0.4, 0.5) is 18.9 Å². The molecule has 0 bridgehead atoms. The minimum atomic E-state index is -4.54. The van der Waals surface area contributed by atoms with E-state index in [0.29, 0.717) is 0 Å². The lowest BCUT2D eigenvalue weighted by atomic mass is 9.88. The monoisotopic (exact) mass is 560 g/mol. The Morgan fingerprint density at radius 1 is 0.825 bits per heavy atom. The van der Waals surface area contributed by atoms with Gasteiger partial charge in [-0.2, -0.15) is 13.2 Å². The molecular formula is C30H35F3N2O5. The van der Waals surface area contributed by atoms with Crippen molar-refractivity contribution < 1.29 is 37.0 Å². The molecule has 2 aliphatic rings. The third-order valence-electron chi connectivity index (χ3n) is 7.49. The predicted octanol–water partition coefficient (Wildman–Crippen LogP) is 6.37. The van der Waals surface area contributed by atoms with Gasteiger partial charge in [-0.05, 0) is 56.0 Å². The minimum Gasteiger partial charge on any atom is -0.483 e. The number of nitrogens with zero attached hydrogens (tertiary/aromatic N) is 1. The first-order valence-corrected chi connectivity index (χ1v) is 13.9. The van der Waals surface area contributed by atoms with Gasteiger partial charge in [0.15, 0.2) is 13.2 Å². The van der Waals surface area contributed by atoms with Crippen molar-refractivity contribution in [1.29, 1.82) is 0 Å². The highest BCUT2D eigenvalue weighted by molar-refractivity contribution is 5.95. The van der Waals surface area contributed by atoms with E-state index < -0.39 is 30.2 Å².